The maximum absolute atomic E-state index is 13.5. The summed E-state index contributed by atoms with van der Waals surface area (Å²) in [5.41, 5.74) is 2.56. The van der Waals surface area contributed by atoms with E-state index in [0.29, 0.717) is 5.56 Å². The van der Waals surface area contributed by atoms with Crippen LogP contribution in [-0.4, -0.2) is 21.0 Å². The number of rotatable bonds is 4. The monoisotopic (exact) mass is 365 g/mol. The molecule has 0 spiro atoms. The highest BCUT2D eigenvalue weighted by atomic mass is 19.1. The number of hydrogen-bond donors (Lipinski definition) is 1. The van der Waals surface area contributed by atoms with Gasteiger partial charge in [0.25, 0.3) is 5.91 Å². The second kappa shape index (κ2) is 7.35. The normalized spacial score (nSPS) is 11.4. The van der Waals surface area contributed by atoms with Crippen LogP contribution in [0.4, 0.5) is 4.39 Å². The molecule has 0 aliphatic rings. The highest BCUT2D eigenvalue weighted by molar-refractivity contribution is 6.03. The third-order valence-corrected chi connectivity index (χ3v) is 4.20. The highest BCUT2D eigenvalue weighted by Gasteiger charge is 2.22. The number of carbonyl (C=O) groups is 1. The lowest BCUT2D eigenvalue weighted by atomic mass is 9.95. The van der Waals surface area contributed by atoms with Crippen molar-refractivity contribution in [2.24, 2.45) is 0 Å². The largest absolute Gasteiger partial charge is 0.347 e. The number of imidazole rings is 1. The van der Waals surface area contributed by atoms with Gasteiger partial charge in [-0.1, -0.05) is 25.1 Å². The van der Waals surface area contributed by atoms with E-state index in [1.54, 1.807) is 24.4 Å². The topological polar surface area (TPSA) is 46.9 Å². The summed E-state index contributed by atoms with van der Waals surface area (Å²) in [5.74, 6) is 0.419. The van der Waals surface area contributed by atoms with Gasteiger partial charge in [0, 0.05) is 35.5 Å². The molecule has 1 aromatic heterocycles. The van der Waals surface area contributed by atoms with Crippen molar-refractivity contribution < 1.29 is 9.18 Å². The molecule has 1 heterocycles. The van der Waals surface area contributed by atoms with Crippen LogP contribution in [0.1, 0.15) is 43.9 Å². The van der Waals surface area contributed by atoms with Crippen LogP contribution in [-0.2, 0) is 6.42 Å². The minimum absolute atomic E-state index is 0.165. The van der Waals surface area contributed by atoms with Crippen LogP contribution >= 0.6 is 0 Å². The molecule has 0 bridgehead atoms. The molecule has 0 saturated heterocycles. The number of nitrogens with one attached hydrogen (secondary N) is 1. The molecule has 27 heavy (non-hydrogen) atoms. The van der Waals surface area contributed by atoms with Gasteiger partial charge in [-0.3, -0.25) is 4.79 Å². The Balaban J connectivity index is 2.24. The van der Waals surface area contributed by atoms with Gasteiger partial charge < -0.3 is 9.88 Å². The third kappa shape index (κ3) is 4.08. The standard InChI is InChI=1S/C22H24FN3O/c1-5-19-24-13-14-26(19)18-8-6-7-17(21(27)25-22(2,3)4)20(18)15-9-11-16(23)12-10-15/h6-14H,5H2,1-4H3,(H,25,27). The Morgan fingerprint density at radius 3 is 2.48 bits per heavy atom. The summed E-state index contributed by atoms with van der Waals surface area (Å²) in [4.78, 5) is 17.4. The fourth-order valence-electron chi connectivity index (χ4n) is 3.07. The molecule has 0 aliphatic carbocycles. The van der Waals surface area contributed by atoms with E-state index in [4.69, 9.17) is 0 Å². The summed E-state index contributed by atoms with van der Waals surface area (Å²) in [6.07, 6.45) is 4.38. The van der Waals surface area contributed by atoms with Gasteiger partial charge in [0.1, 0.15) is 11.6 Å². The summed E-state index contributed by atoms with van der Waals surface area (Å²) in [6, 6.07) is 11.8. The first-order valence-electron chi connectivity index (χ1n) is 9.04. The van der Waals surface area contributed by atoms with Crippen molar-refractivity contribution in [3.8, 4) is 16.8 Å². The van der Waals surface area contributed by atoms with E-state index in [1.807, 2.05) is 50.6 Å². The van der Waals surface area contributed by atoms with Crippen LogP contribution < -0.4 is 5.32 Å². The van der Waals surface area contributed by atoms with E-state index < -0.39 is 0 Å². The molecule has 0 radical (unpaired) electrons. The van der Waals surface area contributed by atoms with Gasteiger partial charge in [0.2, 0.25) is 0 Å². The molecule has 3 rings (SSSR count). The van der Waals surface area contributed by atoms with Gasteiger partial charge in [-0.05, 0) is 50.6 Å². The molecule has 3 aromatic rings. The summed E-state index contributed by atoms with van der Waals surface area (Å²) in [5, 5.41) is 3.02. The Hall–Kier alpha value is -2.95. The van der Waals surface area contributed by atoms with Crippen molar-refractivity contribution in [3.05, 3.63) is 72.1 Å². The van der Waals surface area contributed by atoms with Crippen LogP contribution in [0, 0.1) is 5.82 Å². The van der Waals surface area contributed by atoms with Gasteiger partial charge in [0.05, 0.1) is 5.69 Å². The number of aryl methyl sites for hydroxylation is 1. The predicted molar refractivity (Wildman–Crippen MR) is 106 cm³/mol. The maximum Gasteiger partial charge on any atom is 0.252 e. The minimum atomic E-state index is -0.364. The van der Waals surface area contributed by atoms with Gasteiger partial charge >= 0.3 is 0 Å². The maximum atomic E-state index is 13.5. The van der Waals surface area contributed by atoms with Crippen molar-refractivity contribution >= 4 is 5.91 Å². The van der Waals surface area contributed by atoms with Crippen molar-refractivity contribution in [1.29, 1.82) is 0 Å². The zero-order valence-corrected chi connectivity index (χ0v) is 16.1. The second-order valence-corrected chi connectivity index (χ2v) is 7.48. The average Bonchev–Trinajstić information content (AvgIpc) is 3.09. The highest BCUT2D eigenvalue weighted by Crippen LogP contribution is 2.32. The van der Waals surface area contributed by atoms with E-state index in [2.05, 4.69) is 10.3 Å². The molecule has 4 nitrogen and oxygen atoms in total. The molecule has 0 saturated carbocycles. The number of carbonyl (C=O) groups excluding carboxylic acids is 1. The van der Waals surface area contributed by atoms with Gasteiger partial charge in [-0.25, -0.2) is 9.37 Å². The number of amides is 1. The third-order valence-electron chi connectivity index (χ3n) is 4.20. The molecule has 0 aliphatic heterocycles. The number of halogens is 1. The zero-order chi connectivity index (χ0) is 19.6. The Labute approximate surface area is 159 Å². The molecule has 5 heteroatoms. The zero-order valence-electron chi connectivity index (χ0n) is 16.1. The first kappa shape index (κ1) is 18.8. The molecule has 1 amide bonds. The minimum Gasteiger partial charge on any atom is -0.347 e. The van der Waals surface area contributed by atoms with Gasteiger partial charge in [-0.15, -0.1) is 0 Å². The number of benzene rings is 2. The van der Waals surface area contributed by atoms with Crippen molar-refractivity contribution in [2.45, 2.75) is 39.7 Å². The second-order valence-electron chi connectivity index (χ2n) is 7.48. The van der Waals surface area contributed by atoms with Crippen molar-refractivity contribution in [3.63, 3.8) is 0 Å². The van der Waals surface area contributed by atoms with Crippen LogP contribution in [0.2, 0.25) is 0 Å². The molecule has 0 atom stereocenters. The molecule has 2 aromatic carbocycles. The lowest BCUT2D eigenvalue weighted by Crippen LogP contribution is -2.40. The van der Waals surface area contributed by atoms with Gasteiger partial charge in [0.15, 0.2) is 0 Å². The SMILES string of the molecule is CCc1nccn1-c1cccc(C(=O)NC(C)(C)C)c1-c1ccc(F)cc1. The van der Waals surface area contributed by atoms with E-state index >= 15 is 0 Å². The summed E-state index contributed by atoms with van der Waals surface area (Å²) < 4.78 is 15.5. The first-order chi connectivity index (χ1) is 12.8. The Morgan fingerprint density at radius 1 is 1.15 bits per heavy atom. The lowest BCUT2D eigenvalue weighted by molar-refractivity contribution is 0.0920. The van der Waals surface area contributed by atoms with Crippen LogP contribution in [0.3, 0.4) is 0 Å². The van der Waals surface area contributed by atoms with Crippen molar-refractivity contribution in [2.75, 3.05) is 0 Å². The quantitative estimate of drug-likeness (QED) is 0.724. The molecule has 140 valence electrons. The van der Waals surface area contributed by atoms with Crippen LogP contribution in [0.15, 0.2) is 54.9 Å². The van der Waals surface area contributed by atoms with Gasteiger partial charge in [-0.2, -0.15) is 0 Å². The fourth-order valence-corrected chi connectivity index (χ4v) is 3.07. The molecular formula is C22H24FN3O. The van der Waals surface area contributed by atoms with E-state index in [1.165, 1.54) is 12.1 Å². The molecule has 0 fully saturated rings. The average molecular weight is 365 g/mol. The first-order valence-corrected chi connectivity index (χ1v) is 9.04. The smallest absolute Gasteiger partial charge is 0.252 e. The molecule has 1 N–H and O–H groups in total. The number of nitrogens with zero attached hydrogens (tertiary/aromatic N) is 2. The summed E-state index contributed by atoms with van der Waals surface area (Å²) >= 11 is 0. The Bertz CT molecular complexity index is 952. The van der Waals surface area contributed by atoms with E-state index in [-0.39, 0.29) is 17.3 Å². The summed E-state index contributed by atoms with van der Waals surface area (Å²) in [6.45, 7) is 7.86. The number of hydrogen-bond acceptors (Lipinski definition) is 2. The Morgan fingerprint density at radius 2 is 1.85 bits per heavy atom. The lowest BCUT2D eigenvalue weighted by Gasteiger charge is -2.23. The number of aromatic nitrogens is 2. The predicted octanol–water partition coefficient (Wildman–Crippen LogP) is 4.77. The Kier molecular flexibility index (Phi) is 5.13. The van der Waals surface area contributed by atoms with E-state index in [0.717, 1.165) is 29.1 Å². The van der Waals surface area contributed by atoms with E-state index in [9.17, 15) is 9.18 Å². The molecule has 0 unspecified atom stereocenters. The molecular weight excluding hydrogens is 341 g/mol. The summed E-state index contributed by atoms with van der Waals surface area (Å²) in [7, 11) is 0. The van der Waals surface area contributed by atoms with Crippen LogP contribution in [0.5, 0.6) is 0 Å². The fraction of sp³-hybridized carbons (Fsp3) is 0.273. The van der Waals surface area contributed by atoms with Crippen LogP contribution in [0.25, 0.3) is 16.8 Å². The van der Waals surface area contributed by atoms with Crippen molar-refractivity contribution in [1.82, 2.24) is 14.9 Å².